The molecular weight excluding hydrogens is 398 g/mol. The van der Waals surface area contributed by atoms with E-state index >= 15 is 0 Å². The molecular formula is C32H58N. The van der Waals surface area contributed by atoms with Gasteiger partial charge in [-0.05, 0) is 31.1 Å². The highest BCUT2D eigenvalue weighted by atomic mass is 14.9. The Hall–Kier alpha value is -0.980. The molecule has 1 radical (unpaired) electrons. The molecule has 0 saturated heterocycles. The maximum Gasteiger partial charge on any atom is 0.0626 e. The summed E-state index contributed by atoms with van der Waals surface area (Å²) in [5.74, 6) is 0. The van der Waals surface area contributed by atoms with Crippen molar-refractivity contribution in [2.75, 3.05) is 0 Å². The summed E-state index contributed by atoms with van der Waals surface area (Å²) in [7, 11) is 0. The predicted molar refractivity (Wildman–Crippen MR) is 150 cm³/mol. The third-order valence-electron chi connectivity index (χ3n) is 7.09. The quantitative estimate of drug-likeness (QED) is 0.115. The molecule has 1 aliphatic rings. The van der Waals surface area contributed by atoms with E-state index in [-0.39, 0.29) is 0 Å². The molecule has 1 aliphatic heterocycles. The molecule has 1 heteroatoms. The predicted octanol–water partition coefficient (Wildman–Crippen LogP) is 11.3. The fraction of sp³-hybridized carbons (Fsp3) is 0.812. The van der Waals surface area contributed by atoms with Crippen LogP contribution in [0.2, 0.25) is 0 Å². The fourth-order valence-electron chi connectivity index (χ4n) is 4.84. The van der Waals surface area contributed by atoms with Crippen LogP contribution in [0.1, 0.15) is 167 Å². The van der Waals surface area contributed by atoms with Gasteiger partial charge in [0.05, 0.1) is 5.70 Å². The van der Waals surface area contributed by atoms with Crippen molar-refractivity contribution in [1.82, 2.24) is 5.32 Å². The summed E-state index contributed by atoms with van der Waals surface area (Å²) in [5, 5.41) is 4.26. The van der Waals surface area contributed by atoms with E-state index in [4.69, 9.17) is 0 Å². The van der Waals surface area contributed by atoms with Gasteiger partial charge in [-0.3, -0.25) is 5.32 Å². The molecule has 0 aromatic rings. The van der Waals surface area contributed by atoms with E-state index in [0.717, 1.165) is 5.70 Å². The highest BCUT2D eigenvalue weighted by Crippen LogP contribution is 2.16. The Morgan fingerprint density at radius 3 is 1.21 bits per heavy atom. The Balaban J connectivity index is 1.63. The van der Waals surface area contributed by atoms with Gasteiger partial charge in [-0.15, -0.1) is 0 Å². The molecule has 1 rings (SSSR count). The molecule has 0 aliphatic carbocycles. The van der Waals surface area contributed by atoms with Gasteiger partial charge < -0.3 is 0 Å². The molecule has 0 bridgehead atoms. The highest BCUT2D eigenvalue weighted by Gasteiger charge is 1.96. The monoisotopic (exact) mass is 456 g/mol. The summed E-state index contributed by atoms with van der Waals surface area (Å²) in [5.41, 5.74) is 1.10. The minimum Gasteiger partial charge on any atom is -0.257 e. The maximum atomic E-state index is 4.26. The molecule has 0 fully saturated rings. The van der Waals surface area contributed by atoms with Crippen molar-refractivity contribution in [2.45, 2.75) is 167 Å². The van der Waals surface area contributed by atoms with E-state index in [0.29, 0.717) is 0 Å². The smallest absolute Gasteiger partial charge is 0.0626 e. The summed E-state index contributed by atoms with van der Waals surface area (Å²) >= 11 is 0. The zero-order chi connectivity index (χ0) is 23.5. The molecule has 1 heterocycles. The van der Waals surface area contributed by atoms with Gasteiger partial charge in [-0.1, -0.05) is 161 Å². The molecule has 33 heavy (non-hydrogen) atoms. The van der Waals surface area contributed by atoms with Crippen LogP contribution >= 0.6 is 0 Å². The first-order valence-corrected chi connectivity index (χ1v) is 15.2. The minimum atomic E-state index is 1.10. The average Bonchev–Trinajstić information content (AvgIpc) is 3.35. The SMILES string of the molecule is CCCCCCCCCCCCCCCCCCCCCCCCCCC=CC1=CC=C[N]1. The van der Waals surface area contributed by atoms with E-state index in [1.54, 1.807) is 0 Å². The van der Waals surface area contributed by atoms with Crippen molar-refractivity contribution in [3.05, 3.63) is 36.2 Å². The number of hydrogen-bond acceptors (Lipinski definition) is 0. The summed E-state index contributed by atoms with van der Waals surface area (Å²) in [4.78, 5) is 0. The first-order chi connectivity index (χ1) is 16.4. The number of allylic oxidation sites excluding steroid dienone is 4. The Morgan fingerprint density at radius 1 is 0.515 bits per heavy atom. The standard InChI is InChI=1S/C32H58N/c1-2-3-4-5-6-7-8-9-10-11-12-13-14-15-16-17-18-19-20-21-22-23-24-25-26-27-29-32-30-28-31-33-32/h27-31H,2-26H2,1H3. The van der Waals surface area contributed by atoms with Gasteiger partial charge in [0.2, 0.25) is 0 Å². The zero-order valence-electron chi connectivity index (χ0n) is 22.5. The third-order valence-corrected chi connectivity index (χ3v) is 7.09. The Bertz CT molecular complexity index is 473. The Labute approximate surface area is 209 Å². The lowest BCUT2D eigenvalue weighted by atomic mass is 10.0. The second kappa shape index (κ2) is 25.6. The Kier molecular flexibility index (Phi) is 23.3. The molecule has 0 aromatic heterocycles. The average molecular weight is 457 g/mol. The van der Waals surface area contributed by atoms with Crippen LogP contribution in [0.3, 0.4) is 0 Å². The van der Waals surface area contributed by atoms with Crippen LogP contribution in [-0.4, -0.2) is 0 Å². The summed E-state index contributed by atoms with van der Waals surface area (Å²) < 4.78 is 0. The molecule has 0 saturated carbocycles. The van der Waals surface area contributed by atoms with Gasteiger partial charge in [-0.2, -0.15) is 0 Å². The zero-order valence-corrected chi connectivity index (χ0v) is 22.5. The van der Waals surface area contributed by atoms with Gasteiger partial charge in [0.1, 0.15) is 0 Å². The van der Waals surface area contributed by atoms with Gasteiger partial charge in [-0.25, -0.2) is 0 Å². The minimum absolute atomic E-state index is 1.10. The molecule has 0 N–H and O–H groups in total. The molecule has 1 nitrogen and oxygen atoms in total. The summed E-state index contributed by atoms with van der Waals surface area (Å²) in [6.45, 7) is 2.30. The second-order valence-corrected chi connectivity index (χ2v) is 10.4. The van der Waals surface area contributed by atoms with Crippen LogP contribution < -0.4 is 5.32 Å². The number of rotatable bonds is 26. The van der Waals surface area contributed by atoms with E-state index in [1.165, 1.54) is 161 Å². The van der Waals surface area contributed by atoms with Crippen LogP contribution in [0.25, 0.3) is 0 Å². The van der Waals surface area contributed by atoms with Crippen LogP contribution in [0.15, 0.2) is 36.2 Å². The first kappa shape index (κ1) is 30.1. The normalized spacial score (nSPS) is 13.2. The van der Waals surface area contributed by atoms with Crippen LogP contribution in [0, 0.1) is 0 Å². The van der Waals surface area contributed by atoms with Gasteiger partial charge in [0.25, 0.3) is 0 Å². The lowest BCUT2D eigenvalue weighted by Crippen LogP contribution is -1.86. The van der Waals surface area contributed by atoms with Gasteiger partial charge >= 0.3 is 0 Å². The summed E-state index contributed by atoms with van der Waals surface area (Å²) in [6.07, 6.45) is 46.5. The van der Waals surface area contributed by atoms with E-state index in [9.17, 15) is 0 Å². The van der Waals surface area contributed by atoms with Gasteiger partial charge in [0, 0.05) is 6.20 Å². The van der Waals surface area contributed by atoms with Crippen LogP contribution in [0.5, 0.6) is 0 Å². The van der Waals surface area contributed by atoms with Crippen molar-refractivity contribution in [3.63, 3.8) is 0 Å². The molecule has 0 amide bonds. The lowest BCUT2D eigenvalue weighted by molar-refractivity contribution is 0.517. The van der Waals surface area contributed by atoms with Crippen molar-refractivity contribution >= 4 is 0 Å². The van der Waals surface area contributed by atoms with Crippen molar-refractivity contribution in [3.8, 4) is 0 Å². The topological polar surface area (TPSA) is 14.1 Å². The van der Waals surface area contributed by atoms with Gasteiger partial charge in [0.15, 0.2) is 0 Å². The largest absolute Gasteiger partial charge is 0.257 e. The second-order valence-electron chi connectivity index (χ2n) is 10.4. The first-order valence-electron chi connectivity index (χ1n) is 15.2. The molecule has 0 spiro atoms. The number of nitrogens with zero attached hydrogens (tertiary/aromatic N) is 1. The highest BCUT2D eigenvalue weighted by molar-refractivity contribution is 5.28. The van der Waals surface area contributed by atoms with Crippen molar-refractivity contribution < 1.29 is 0 Å². The Morgan fingerprint density at radius 2 is 0.879 bits per heavy atom. The van der Waals surface area contributed by atoms with E-state index < -0.39 is 0 Å². The fourth-order valence-corrected chi connectivity index (χ4v) is 4.84. The third kappa shape index (κ3) is 22.6. The lowest BCUT2D eigenvalue weighted by Gasteiger charge is -2.04. The molecule has 0 aromatic carbocycles. The molecule has 0 atom stereocenters. The van der Waals surface area contributed by atoms with Crippen LogP contribution in [-0.2, 0) is 0 Å². The summed E-state index contributed by atoms with van der Waals surface area (Å²) in [6, 6.07) is 0. The maximum absolute atomic E-state index is 4.26. The van der Waals surface area contributed by atoms with Crippen LogP contribution in [0.4, 0.5) is 0 Å². The molecule has 191 valence electrons. The van der Waals surface area contributed by atoms with E-state index in [1.807, 2.05) is 12.3 Å². The van der Waals surface area contributed by atoms with E-state index in [2.05, 4.69) is 30.5 Å². The van der Waals surface area contributed by atoms with Crippen molar-refractivity contribution in [1.29, 1.82) is 0 Å². The molecule has 0 unspecified atom stereocenters. The number of hydrogen-bond donors (Lipinski definition) is 0. The van der Waals surface area contributed by atoms with Crippen molar-refractivity contribution in [2.24, 2.45) is 0 Å². The number of unbranched alkanes of at least 4 members (excludes halogenated alkanes) is 24.